The highest BCUT2D eigenvalue weighted by Crippen LogP contribution is 2.20. The molecule has 2 saturated heterocycles. The third kappa shape index (κ3) is 2.69. The molecule has 0 bridgehead atoms. The second kappa shape index (κ2) is 5.25. The number of ether oxygens (including phenoxy) is 2. The van der Waals surface area contributed by atoms with Crippen LogP contribution in [-0.4, -0.2) is 61.7 Å². The first-order valence-corrected chi connectivity index (χ1v) is 5.84. The van der Waals surface area contributed by atoms with E-state index in [0.717, 1.165) is 32.5 Å². The maximum Gasteiger partial charge on any atom is 0.0739 e. The molecule has 4 nitrogen and oxygen atoms in total. The second-order valence-corrected chi connectivity index (χ2v) is 4.51. The van der Waals surface area contributed by atoms with Crippen molar-refractivity contribution in [2.45, 2.75) is 37.5 Å². The van der Waals surface area contributed by atoms with E-state index in [1.807, 2.05) is 0 Å². The van der Waals surface area contributed by atoms with E-state index in [2.05, 4.69) is 11.9 Å². The molecular weight excluding hydrogens is 194 g/mol. The van der Waals surface area contributed by atoms with Crippen molar-refractivity contribution in [1.29, 1.82) is 0 Å². The average molecular weight is 215 g/mol. The SMILES string of the molecule is CN(C1CCOCC1)C1COCCC1O. The molecule has 1 N–H and O–H groups in total. The molecule has 0 saturated carbocycles. The van der Waals surface area contributed by atoms with E-state index < -0.39 is 0 Å². The summed E-state index contributed by atoms with van der Waals surface area (Å²) in [6.07, 6.45) is 2.67. The van der Waals surface area contributed by atoms with Crippen LogP contribution in [0.1, 0.15) is 19.3 Å². The molecule has 0 radical (unpaired) electrons. The first-order chi connectivity index (χ1) is 7.29. The third-order valence-corrected chi connectivity index (χ3v) is 3.58. The number of hydrogen-bond acceptors (Lipinski definition) is 4. The highest BCUT2D eigenvalue weighted by atomic mass is 16.5. The fourth-order valence-corrected chi connectivity index (χ4v) is 2.46. The van der Waals surface area contributed by atoms with E-state index in [9.17, 15) is 5.11 Å². The van der Waals surface area contributed by atoms with Crippen molar-refractivity contribution in [3.05, 3.63) is 0 Å². The Morgan fingerprint density at radius 1 is 1.07 bits per heavy atom. The zero-order chi connectivity index (χ0) is 10.7. The molecule has 2 atom stereocenters. The van der Waals surface area contributed by atoms with Crippen molar-refractivity contribution < 1.29 is 14.6 Å². The maximum atomic E-state index is 9.92. The van der Waals surface area contributed by atoms with Gasteiger partial charge in [0, 0.05) is 25.9 Å². The summed E-state index contributed by atoms with van der Waals surface area (Å²) in [7, 11) is 2.10. The number of hydrogen-bond donors (Lipinski definition) is 1. The fourth-order valence-electron chi connectivity index (χ4n) is 2.46. The van der Waals surface area contributed by atoms with Crippen molar-refractivity contribution in [3.8, 4) is 0 Å². The van der Waals surface area contributed by atoms with Crippen molar-refractivity contribution in [3.63, 3.8) is 0 Å². The zero-order valence-corrected chi connectivity index (χ0v) is 9.39. The van der Waals surface area contributed by atoms with Gasteiger partial charge in [-0.2, -0.15) is 0 Å². The number of rotatable bonds is 2. The number of likely N-dealkylation sites (N-methyl/N-ethyl adjacent to an activating group) is 1. The van der Waals surface area contributed by atoms with E-state index in [0.29, 0.717) is 19.3 Å². The lowest BCUT2D eigenvalue weighted by Gasteiger charge is -2.40. The first kappa shape index (κ1) is 11.3. The van der Waals surface area contributed by atoms with Gasteiger partial charge >= 0.3 is 0 Å². The van der Waals surface area contributed by atoms with Gasteiger partial charge in [-0.3, -0.25) is 4.90 Å². The van der Waals surface area contributed by atoms with Gasteiger partial charge in [-0.25, -0.2) is 0 Å². The molecule has 0 aliphatic carbocycles. The Morgan fingerprint density at radius 3 is 2.40 bits per heavy atom. The van der Waals surface area contributed by atoms with Gasteiger partial charge in [0.1, 0.15) is 0 Å². The lowest BCUT2D eigenvalue weighted by Crippen LogP contribution is -2.53. The van der Waals surface area contributed by atoms with Crippen molar-refractivity contribution in [2.24, 2.45) is 0 Å². The van der Waals surface area contributed by atoms with Gasteiger partial charge in [-0.1, -0.05) is 0 Å². The topological polar surface area (TPSA) is 41.9 Å². The Kier molecular flexibility index (Phi) is 3.97. The quantitative estimate of drug-likeness (QED) is 0.717. The van der Waals surface area contributed by atoms with Crippen LogP contribution < -0.4 is 0 Å². The predicted octanol–water partition coefficient (Wildman–Crippen LogP) is 0.247. The van der Waals surface area contributed by atoms with Gasteiger partial charge in [-0.15, -0.1) is 0 Å². The van der Waals surface area contributed by atoms with Crippen molar-refractivity contribution in [2.75, 3.05) is 33.5 Å². The van der Waals surface area contributed by atoms with Crippen molar-refractivity contribution >= 4 is 0 Å². The van der Waals surface area contributed by atoms with E-state index in [1.165, 1.54) is 0 Å². The molecule has 15 heavy (non-hydrogen) atoms. The minimum absolute atomic E-state index is 0.168. The normalized spacial score (nSPS) is 34.6. The van der Waals surface area contributed by atoms with Gasteiger partial charge in [0.2, 0.25) is 0 Å². The van der Waals surface area contributed by atoms with Gasteiger partial charge in [0.25, 0.3) is 0 Å². The monoisotopic (exact) mass is 215 g/mol. The Labute approximate surface area is 91.2 Å². The van der Waals surface area contributed by atoms with Crippen LogP contribution in [-0.2, 0) is 9.47 Å². The fraction of sp³-hybridized carbons (Fsp3) is 1.00. The number of aliphatic hydroxyl groups is 1. The molecule has 0 aromatic carbocycles. The molecule has 2 fully saturated rings. The summed E-state index contributed by atoms with van der Waals surface area (Å²) in [4.78, 5) is 2.28. The summed E-state index contributed by atoms with van der Waals surface area (Å²) < 4.78 is 10.8. The summed E-state index contributed by atoms with van der Waals surface area (Å²) in [6.45, 7) is 3.05. The van der Waals surface area contributed by atoms with Crippen LogP contribution in [0.5, 0.6) is 0 Å². The minimum atomic E-state index is -0.230. The molecule has 2 rings (SSSR count). The zero-order valence-electron chi connectivity index (χ0n) is 9.39. The maximum absolute atomic E-state index is 9.92. The summed E-state index contributed by atoms with van der Waals surface area (Å²) in [5.41, 5.74) is 0. The Morgan fingerprint density at radius 2 is 1.73 bits per heavy atom. The predicted molar refractivity (Wildman–Crippen MR) is 56.8 cm³/mol. The van der Waals surface area contributed by atoms with Gasteiger partial charge < -0.3 is 14.6 Å². The molecule has 2 unspecified atom stereocenters. The molecule has 0 aromatic heterocycles. The van der Waals surface area contributed by atoms with Gasteiger partial charge in [-0.05, 0) is 26.3 Å². The van der Waals surface area contributed by atoms with Crippen LogP contribution in [0, 0.1) is 0 Å². The summed E-state index contributed by atoms with van der Waals surface area (Å²) in [6, 6.07) is 0.710. The van der Waals surface area contributed by atoms with E-state index >= 15 is 0 Å². The van der Waals surface area contributed by atoms with Crippen LogP contribution in [0.15, 0.2) is 0 Å². The lowest BCUT2D eigenvalue weighted by molar-refractivity contribution is -0.0775. The van der Waals surface area contributed by atoms with E-state index in [1.54, 1.807) is 0 Å². The molecule has 0 aromatic rings. The van der Waals surface area contributed by atoms with Gasteiger partial charge in [0.05, 0.1) is 18.8 Å². The third-order valence-electron chi connectivity index (χ3n) is 3.58. The highest BCUT2D eigenvalue weighted by molar-refractivity contribution is 4.85. The smallest absolute Gasteiger partial charge is 0.0739 e. The standard InChI is InChI=1S/C11H21NO3/c1-12(9-2-5-14-6-3-9)10-8-15-7-4-11(10)13/h9-11,13H,2-8H2,1H3. The number of nitrogens with zero attached hydrogens (tertiary/aromatic N) is 1. The van der Waals surface area contributed by atoms with Crippen LogP contribution >= 0.6 is 0 Å². The molecule has 2 heterocycles. The summed E-state index contributed by atoms with van der Waals surface area (Å²) in [5.74, 6) is 0. The average Bonchev–Trinajstić information content (AvgIpc) is 2.30. The molecule has 0 spiro atoms. The molecule has 2 aliphatic rings. The highest BCUT2D eigenvalue weighted by Gasteiger charge is 2.31. The number of aliphatic hydroxyl groups excluding tert-OH is 1. The van der Waals surface area contributed by atoms with Crippen LogP contribution in [0.2, 0.25) is 0 Å². The first-order valence-electron chi connectivity index (χ1n) is 5.84. The van der Waals surface area contributed by atoms with Crippen LogP contribution in [0.25, 0.3) is 0 Å². The molecular formula is C11H21NO3. The van der Waals surface area contributed by atoms with Gasteiger partial charge in [0.15, 0.2) is 0 Å². The van der Waals surface area contributed by atoms with E-state index in [-0.39, 0.29) is 12.1 Å². The summed E-state index contributed by atoms with van der Waals surface area (Å²) >= 11 is 0. The summed E-state index contributed by atoms with van der Waals surface area (Å²) in [5, 5.41) is 9.92. The molecule has 0 amide bonds. The Balaban J connectivity index is 1.89. The van der Waals surface area contributed by atoms with E-state index in [4.69, 9.17) is 9.47 Å². The Bertz CT molecular complexity index is 194. The van der Waals surface area contributed by atoms with Crippen LogP contribution in [0.3, 0.4) is 0 Å². The van der Waals surface area contributed by atoms with Crippen molar-refractivity contribution in [1.82, 2.24) is 4.90 Å². The van der Waals surface area contributed by atoms with Crippen LogP contribution in [0.4, 0.5) is 0 Å². The Hall–Kier alpha value is -0.160. The molecule has 2 aliphatic heterocycles. The molecule has 88 valence electrons. The lowest BCUT2D eigenvalue weighted by atomic mass is 10.0. The second-order valence-electron chi connectivity index (χ2n) is 4.51. The largest absolute Gasteiger partial charge is 0.391 e. The minimum Gasteiger partial charge on any atom is -0.391 e. The molecule has 4 heteroatoms.